The molecule has 2 aromatic rings. The van der Waals surface area contributed by atoms with Gasteiger partial charge in [-0.2, -0.15) is 0 Å². The van der Waals surface area contributed by atoms with Gasteiger partial charge in [-0.15, -0.1) is 0 Å². The Bertz CT molecular complexity index is 790. The Labute approximate surface area is 159 Å². The fourth-order valence-electron chi connectivity index (χ4n) is 3.19. The molecule has 1 aliphatic carbocycles. The number of benzene rings is 2. The van der Waals surface area contributed by atoms with Gasteiger partial charge in [-0.05, 0) is 43.5 Å². The van der Waals surface area contributed by atoms with Crippen LogP contribution < -0.4 is 5.32 Å². The molecular weight excluding hydrogens is 343 g/mol. The van der Waals surface area contributed by atoms with Gasteiger partial charge in [0.1, 0.15) is 5.82 Å². The van der Waals surface area contributed by atoms with Gasteiger partial charge in [0.2, 0.25) is 11.8 Å². The topological polar surface area (TPSA) is 49.4 Å². The van der Waals surface area contributed by atoms with E-state index in [0.29, 0.717) is 19.5 Å². The number of amides is 2. The van der Waals surface area contributed by atoms with E-state index >= 15 is 0 Å². The lowest BCUT2D eigenvalue weighted by Crippen LogP contribution is -2.38. The normalized spacial score (nSPS) is 18.2. The highest BCUT2D eigenvalue weighted by molar-refractivity contribution is 5.92. The van der Waals surface area contributed by atoms with E-state index < -0.39 is 0 Å². The zero-order valence-electron chi connectivity index (χ0n) is 15.7. The first-order chi connectivity index (χ1) is 13.0. The summed E-state index contributed by atoms with van der Waals surface area (Å²) in [5, 5.41) is 2.85. The van der Waals surface area contributed by atoms with Crippen LogP contribution in [-0.4, -0.2) is 22.8 Å². The van der Waals surface area contributed by atoms with E-state index in [1.165, 1.54) is 12.1 Å². The fraction of sp³-hybridized carbons (Fsp3) is 0.364. The molecule has 0 spiro atoms. The van der Waals surface area contributed by atoms with Crippen molar-refractivity contribution in [2.24, 2.45) is 11.8 Å². The average Bonchev–Trinajstić information content (AvgIpc) is 3.46. The average molecular weight is 368 g/mol. The molecular formula is C22H25FN2O2. The monoisotopic (exact) mass is 368 g/mol. The lowest BCUT2D eigenvalue weighted by atomic mass is 10.1. The van der Waals surface area contributed by atoms with E-state index in [1.807, 2.05) is 49.1 Å². The van der Waals surface area contributed by atoms with Crippen molar-refractivity contribution in [2.45, 2.75) is 39.4 Å². The molecule has 5 heteroatoms. The lowest BCUT2D eigenvalue weighted by molar-refractivity contribution is -0.136. The molecule has 0 heterocycles. The van der Waals surface area contributed by atoms with E-state index in [0.717, 1.165) is 11.1 Å². The van der Waals surface area contributed by atoms with E-state index in [4.69, 9.17) is 0 Å². The lowest BCUT2D eigenvalue weighted by Gasteiger charge is -2.27. The van der Waals surface area contributed by atoms with Gasteiger partial charge in [0.15, 0.2) is 0 Å². The summed E-state index contributed by atoms with van der Waals surface area (Å²) in [6, 6.07) is 16.0. The number of carbonyl (C=O) groups is 2. The van der Waals surface area contributed by atoms with Crippen LogP contribution in [0.3, 0.4) is 0 Å². The van der Waals surface area contributed by atoms with Gasteiger partial charge in [-0.1, -0.05) is 42.5 Å². The molecule has 3 rings (SSSR count). The van der Waals surface area contributed by atoms with E-state index in [2.05, 4.69) is 5.32 Å². The summed E-state index contributed by atoms with van der Waals surface area (Å²) in [6.07, 6.45) is 0.589. The number of nitrogens with zero attached hydrogens (tertiary/aromatic N) is 1. The van der Waals surface area contributed by atoms with Crippen LogP contribution in [0.5, 0.6) is 0 Å². The van der Waals surface area contributed by atoms with Crippen LogP contribution >= 0.6 is 0 Å². The highest BCUT2D eigenvalue weighted by atomic mass is 19.1. The molecule has 2 amide bonds. The Morgan fingerprint density at radius 3 is 2.33 bits per heavy atom. The zero-order valence-corrected chi connectivity index (χ0v) is 15.7. The molecule has 2 aromatic carbocycles. The number of halogens is 1. The minimum absolute atomic E-state index is 0.0378. The number of rotatable bonds is 7. The third-order valence-corrected chi connectivity index (χ3v) is 4.93. The first-order valence-electron chi connectivity index (χ1n) is 9.32. The SMILES string of the molecule is CC(C)N(Cc1ccccc1)C(=O)C1CC1C(=O)NCc1ccc(F)cc1. The summed E-state index contributed by atoms with van der Waals surface area (Å²) in [4.78, 5) is 27.1. The minimum Gasteiger partial charge on any atom is -0.352 e. The molecule has 1 fully saturated rings. The molecule has 4 nitrogen and oxygen atoms in total. The van der Waals surface area contributed by atoms with Gasteiger partial charge in [0.25, 0.3) is 0 Å². The summed E-state index contributed by atoms with van der Waals surface area (Å²) >= 11 is 0. The summed E-state index contributed by atoms with van der Waals surface area (Å²) in [7, 11) is 0. The maximum absolute atomic E-state index is 12.9. The van der Waals surface area contributed by atoms with Crippen molar-refractivity contribution in [2.75, 3.05) is 0 Å². The van der Waals surface area contributed by atoms with Gasteiger partial charge >= 0.3 is 0 Å². The van der Waals surface area contributed by atoms with Crippen LogP contribution in [0.4, 0.5) is 4.39 Å². The first kappa shape index (κ1) is 19.1. The van der Waals surface area contributed by atoms with Crippen molar-refractivity contribution in [1.29, 1.82) is 0 Å². The van der Waals surface area contributed by atoms with Gasteiger partial charge in [-0.25, -0.2) is 4.39 Å². The molecule has 1 saturated carbocycles. The van der Waals surface area contributed by atoms with Crippen LogP contribution in [0.2, 0.25) is 0 Å². The molecule has 0 saturated heterocycles. The molecule has 2 unspecified atom stereocenters. The Balaban J connectivity index is 1.54. The number of hydrogen-bond acceptors (Lipinski definition) is 2. The van der Waals surface area contributed by atoms with Crippen LogP contribution in [0, 0.1) is 17.7 Å². The molecule has 142 valence electrons. The summed E-state index contributed by atoms with van der Waals surface area (Å²) < 4.78 is 12.9. The van der Waals surface area contributed by atoms with Crippen molar-refractivity contribution in [1.82, 2.24) is 10.2 Å². The van der Waals surface area contributed by atoms with E-state index in [1.54, 1.807) is 12.1 Å². The van der Waals surface area contributed by atoms with Gasteiger partial charge in [0, 0.05) is 19.1 Å². The number of carbonyl (C=O) groups excluding carboxylic acids is 2. The highest BCUT2D eigenvalue weighted by Crippen LogP contribution is 2.40. The van der Waals surface area contributed by atoms with Gasteiger partial charge < -0.3 is 10.2 Å². The second-order valence-corrected chi connectivity index (χ2v) is 7.34. The van der Waals surface area contributed by atoms with Crippen LogP contribution in [0.15, 0.2) is 54.6 Å². The third kappa shape index (κ3) is 4.94. The van der Waals surface area contributed by atoms with Crippen molar-refractivity contribution in [3.8, 4) is 0 Å². The van der Waals surface area contributed by atoms with E-state index in [-0.39, 0.29) is 35.5 Å². The largest absolute Gasteiger partial charge is 0.352 e. The van der Waals surface area contributed by atoms with Crippen molar-refractivity contribution in [3.05, 3.63) is 71.5 Å². The highest BCUT2D eigenvalue weighted by Gasteiger charge is 2.49. The number of nitrogens with one attached hydrogen (secondary N) is 1. The maximum atomic E-state index is 12.9. The standard InChI is InChI=1S/C22H25FN2O2/c1-15(2)25(14-17-6-4-3-5-7-17)22(27)20-12-19(20)21(26)24-13-16-8-10-18(23)11-9-16/h3-11,15,19-20H,12-14H2,1-2H3,(H,24,26). The summed E-state index contributed by atoms with van der Waals surface area (Å²) in [5.41, 5.74) is 1.92. The van der Waals surface area contributed by atoms with Crippen LogP contribution in [0.1, 0.15) is 31.4 Å². The molecule has 0 aliphatic heterocycles. The Hall–Kier alpha value is -2.69. The second-order valence-electron chi connectivity index (χ2n) is 7.34. The Kier molecular flexibility index (Phi) is 5.89. The van der Waals surface area contributed by atoms with Crippen molar-refractivity contribution in [3.63, 3.8) is 0 Å². The van der Waals surface area contributed by atoms with Crippen LogP contribution in [-0.2, 0) is 22.7 Å². The predicted octanol–water partition coefficient (Wildman–Crippen LogP) is 3.52. The van der Waals surface area contributed by atoms with Crippen molar-refractivity contribution >= 4 is 11.8 Å². The molecule has 0 aromatic heterocycles. The molecule has 27 heavy (non-hydrogen) atoms. The van der Waals surface area contributed by atoms with Crippen molar-refractivity contribution < 1.29 is 14.0 Å². The molecule has 1 N–H and O–H groups in total. The van der Waals surface area contributed by atoms with E-state index in [9.17, 15) is 14.0 Å². The molecule has 0 radical (unpaired) electrons. The summed E-state index contributed by atoms with van der Waals surface area (Å²) in [6.45, 7) is 4.88. The zero-order chi connectivity index (χ0) is 19.4. The third-order valence-electron chi connectivity index (χ3n) is 4.93. The molecule has 1 aliphatic rings. The Morgan fingerprint density at radius 2 is 1.70 bits per heavy atom. The Morgan fingerprint density at radius 1 is 1.04 bits per heavy atom. The summed E-state index contributed by atoms with van der Waals surface area (Å²) in [5.74, 6) is -0.888. The predicted molar refractivity (Wildman–Crippen MR) is 102 cm³/mol. The minimum atomic E-state index is -0.301. The number of hydrogen-bond donors (Lipinski definition) is 1. The van der Waals surface area contributed by atoms with Gasteiger partial charge in [-0.3, -0.25) is 9.59 Å². The van der Waals surface area contributed by atoms with Gasteiger partial charge in [0.05, 0.1) is 11.8 Å². The van der Waals surface area contributed by atoms with Crippen LogP contribution in [0.25, 0.3) is 0 Å². The maximum Gasteiger partial charge on any atom is 0.227 e. The second kappa shape index (κ2) is 8.33. The molecule has 2 atom stereocenters. The smallest absolute Gasteiger partial charge is 0.227 e. The quantitative estimate of drug-likeness (QED) is 0.813. The molecule has 0 bridgehead atoms. The first-order valence-corrected chi connectivity index (χ1v) is 9.32. The fourth-order valence-corrected chi connectivity index (χ4v) is 3.19.